The predicted molar refractivity (Wildman–Crippen MR) is 74.1 cm³/mol. The van der Waals surface area contributed by atoms with Crippen molar-refractivity contribution < 1.29 is 0 Å². The largest absolute Gasteiger partial charge is 0.344 e. The van der Waals surface area contributed by atoms with E-state index >= 15 is 0 Å². The van der Waals surface area contributed by atoms with E-state index < -0.39 is 0 Å². The van der Waals surface area contributed by atoms with Gasteiger partial charge in [0.25, 0.3) is 0 Å². The Labute approximate surface area is 116 Å². The summed E-state index contributed by atoms with van der Waals surface area (Å²) in [6.45, 7) is 4.05. The Morgan fingerprint density at radius 1 is 1.63 bits per heavy atom. The van der Waals surface area contributed by atoms with Crippen molar-refractivity contribution in [3.63, 3.8) is 0 Å². The maximum atomic E-state index is 11.6. The highest BCUT2D eigenvalue weighted by atomic mass is 32.2. The fourth-order valence-corrected chi connectivity index (χ4v) is 2.92. The highest BCUT2D eigenvalue weighted by molar-refractivity contribution is 7.99. The highest BCUT2D eigenvalue weighted by Gasteiger charge is 2.28. The van der Waals surface area contributed by atoms with Gasteiger partial charge in [-0.2, -0.15) is 5.26 Å². The number of rotatable bonds is 7. The van der Waals surface area contributed by atoms with Crippen LogP contribution in [0.4, 0.5) is 0 Å². The molecule has 0 amide bonds. The number of nitriles is 1. The van der Waals surface area contributed by atoms with Crippen molar-refractivity contribution >= 4 is 11.8 Å². The molecule has 0 radical (unpaired) electrons. The summed E-state index contributed by atoms with van der Waals surface area (Å²) >= 11 is 1.54. The van der Waals surface area contributed by atoms with E-state index in [0.717, 1.165) is 30.2 Å². The number of H-pyrrole nitrogens is 1. The van der Waals surface area contributed by atoms with Crippen molar-refractivity contribution in [1.82, 2.24) is 20.1 Å². The van der Waals surface area contributed by atoms with Crippen LogP contribution in [0.1, 0.15) is 39.2 Å². The van der Waals surface area contributed by atoms with Gasteiger partial charge in [0.15, 0.2) is 5.16 Å². The minimum absolute atomic E-state index is 0.123. The van der Waals surface area contributed by atoms with Crippen molar-refractivity contribution in [3.05, 3.63) is 10.5 Å². The summed E-state index contributed by atoms with van der Waals surface area (Å²) < 4.78 is 1.74. The monoisotopic (exact) mass is 281 g/mol. The zero-order chi connectivity index (χ0) is 13.8. The van der Waals surface area contributed by atoms with Crippen LogP contribution in [-0.4, -0.2) is 32.6 Å². The molecule has 0 spiro atoms. The lowest BCUT2D eigenvalue weighted by atomic mass is 10.2. The minimum Gasteiger partial charge on any atom is -0.300 e. The summed E-state index contributed by atoms with van der Waals surface area (Å²) in [5.74, 6) is 0.773. The summed E-state index contributed by atoms with van der Waals surface area (Å²) in [5, 5.41) is 19.5. The first-order valence-corrected chi connectivity index (χ1v) is 7.55. The topological polar surface area (TPSA) is 86.5 Å². The molecule has 1 heterocycles. The van der Waals surface area contributed by atoms with Crippen LogP contribution in [0.25, 0.3) is 0 Å². The molecule has 2 N–H and O–H groups in total. The molecule has 19 heavy (non-hydrogen) atoms. The fraction of sp³-hybridized carbons (Fsp3) is 0.750. The molecular formula is C12H19N5OS. The van der Waals surface area contributed by atoms with E-state index in [1.807, 2.05) is 13.8 Å². The van der Waals surface area contributed by atoms with Crippen molar-refractivity contribution in [2.75, 3.05) is 5.75 Å². The van der Waals surface area contributed by atoms with Crippen LogP contribution in [0.3, 0.4) is 0 Å². The summed E-state index contributed by atoms with van der Waals surface area (Å²) in [7, 11) is 0. The van der Waals surface area contributed by atoms with E-state index in [2.05, 4.69) is 21.6 Å². The van der Waals surface area contributed by atoms with Crippen LogP contribution in [-0.2, 0) is 0 Å². The Bertz CT molecular complexity index is 511. The van der Waals surface area contributed by atoms with Gasteiger partial charge in [-0.3, -0.25) is 9.88 Å². The second-order valence-corrected chi connectivity index (χ2v) is 6.11. The quantitative estimate of drug-likeness (QED) is 0.735. The number of thioether (sulfide) groups is 1. The second kappa shape index (κ2) is 6.26. The predicted octanol–water partition coefficient (Wildman–Crippen LogP) is 1.28. The van der Waals surface area contributed by atoms with Crippen LogP contribution < -0.4 is 11.0 Å². The van der Waals surface area contributed by atoms with E-state index in [4.69, 9.17) is 5.26 Å². The zero-order valence-electron chi connectivity index (χ0n) is 11.2. The van der Waals surface area contributed by atoms with Crippen molar-refractivity contribution in [1.29, 1.82) is 5.26 Å². The SMILES string of the molecule is CC(C)NC(C#N)CCSc1n[nH]c(=O)n1C1CC1. The number of hydrogen-bond acceptors (Lipinski definition) is 5. The third kappa shape index (κ3) is 3.85. The van der Waals surface area contributed by atoms with Gasteiger partial charge in [0.1, 0.15) is 0 Å². The van der Waals surface area contributed by atoms with Crippen molar-refractivity contribution in [3.8, 4) is 6.07 Å². The third-order valence-corrected chi connectivity index (χ3v) is 3.90. The molecule has 1 fully saturated rings. The molecule has 7 heteroatoms. The number of nitrogens with zero attached hydrogens (tertiary/aromatic N) is 3. The first kappa shape index (κ1) is 14.2. The van der Waals surface area contributed by atoms with Gasteiger partial charge in [0.2, 0.25) is 0 Å². The Balaban J connectivity index is 1.86. The third-order valence-electron chi connectivity index (χ3n) is 2.91. The molecule has 1 atom stereocenters. The van der Waals surface area contributed by atoms with Crippen LogP contribution in [0.15, 0.2) is 9.95 Å². The smallest absolute Gasteiger partial charge is 0.300 e. The first-order valence-electron chi connectivity index (χ1n) is 6.57. The molecule has 2 rings (SSSR count). The summed E-state index contributed by atoms with van der Waals surface area (Å²) in [6.07, 6.45) is 2.86. The van der Waals surface area contributed by atoms with Gasteiger partial charge in [0, 0.05) is 17.8 Å². The molecule has 0 bridgehead atoms. The first-order chi connectivity index (χ1) is 9.11. The molecule has 1 unspecified atom stereocenters. The zero-order valence-corrected chi connectivity index (χ0v) is 12.0. The van der Waals surface area contributed by atoms with E-state index in [9.17, 15) is 4.79 Å². The Hall–Kier alpha value is -1.26. The number of hydrogen-bond donors (Lipinski definition) is 2. The maximum absolute atomic E-state index is 11.6. The Kier molecular flexibility index (Phi) is 4.66. The second-order valence-electron chi connectivity index (χ2n) is 5.05. The number of aromatic amines is 1. The van der Waals surface area contributed by atoms with Crippen molar-refractivity contribution in [2.24, 2.45) is 0 Å². The summed E-state index contributed by atoms with van der Waals surface area (Å²) in [4.78, 5) is 11.6. The molecule has 6 nitrogen and oxygen atoms in total. The molecule has 1 aliphatic rings. The van der Waals surface area contributed by atoms with E-state index in [-0.39, 0.29) is 11.7 Å². The lowest BCUT2D eigenvalue weighted by Gasteiger charge is -2.13. The van der Waals surface area contributed by atoms with Gasteiger partial charge in [-0.25, -0.2) is 9.89 Å². The van der Waals surface area contributed by atoms with E-state index in [0.29, 0.717) is 12.1 Å². The molecule has 1 aromatic heterocycles. The average molecular weight is 281 g/mol. The standard InChI is InChI=1S/C12H19N5OS/c1-8(2)14-9(7-13)5-6-19-12-16-15-11(18)17(12)10-3-4-10/h8-10,14H,3-6H2,1-2H3,(H,15,18). The maximum Gasteiger partial charge on any atom is 0.344 e. The normalized spacial score (nSPS) is 16.5. The highest BCUT2D eigenvalue weighted by Crippen LogP contribution is 2.36. The molecule has 1 aromatic rings. The lowest BCUT2D eigenvalue weighted by molar-refractivity contribution is 0.522. The molecule has 1 saturated carbocycles. The molecule has 104 valence electrons. The van der Waals surface area contributed by atoms with Gasteiger partial charge in [-0.05, 0) is 33.1 Å². The summed E-state index contributed by atoms with van der Waals surface area (Å²) in [5.41, 5.74) is -0.123. The van der Waals surface area contributed by atoms with E-state index in [1.54, 1.807) is 4.57 Å². The van der Waals surface area contributed by atoms with Crippen LogP contribution in [0.5, 0.6) is 0 Å². The minimum atomic E-state index is -0.146. The van der Waals surface area contributed by atoms with Gasteiger partial charge in [0.05, 0.1) is 12.1 Å². The molecule has 0 saturated heterocycles. The van der Waals surface area contributed by atoms with Crippen LogP contribution in [0.2, 0.25) is 0 Å². The van der Waals surface area contributed by atoms with Gasteiger partial charge in [-0.1, -0.05) is 11.8 Å². The van der Waals surface area contributed by atoms with Crippen LogP contribution >= 0.6 is 11.8 Å². The van der Waals surface area contributed by atoms with Gasteiger partial charge < -0.3 is 0 Å². The fourth-order valence-electron chi connectivity index (χ4n) is 1.90. The molecule has 0 aliphatic heterocycles. The van der Waals surface area contributed by atoms with Crippen LogP contribution in [0, 0.1) is 11.3 Å². The summed E-state index contributed by atoms with van der Waals surface area (Å²) in [6, 6.07) is 2.73. The molecular weight excluding hydrogens is 262 g/mol. The van der Waals surface area contributed by atoms with Gasteiger partial charge in [-0.15, -0.1) is 5.10 Å². The average Bonchev–Trinajstić information content (AvgIpc) is 3.13. The lowest BCUT2D eigenvalue weighted by Crippen LogP contribution is -2.33. The molecule has 1 aliphatic carbocycles. The Morgan fingerprint density at radius 3 is 2.95 bits per heavy atom. The van der Waals surface area contributed by atoms with Crippen molar-refractivity contribution in [2.45, 2.75) is 56.4 Å². The molecule has 0 aromatic carbocycles. The van der Waals surface area contributed by atoms with E-state index in [1.165, 1.54) is 11.8 Å². The number of aromatic nitrogens is 3. The van der Waals surface area contributed by atoms with Gasteiger partial charge >= 0.3 is 5.69 Å². The Morgan fingerprint density at radius 2 is 2.37 bits per heavy atom. The number of nitrogens with one attached hydrogen (secondary N) is 2.